The van der Waals surface area contributed by atoms with Gasteiger partial charge in [0, 0.05) is 24.8 Å². The van der Waals surface area contributed by atoms with Crippen LogP contribution in [-0.4, -0.2) is 25.7 Å². The van der Waals surface area contributed by atoms with Crippen LogP contribution in [0.25, 0.3) is 0 Å². The molecule has 0 aliphatic carbocycles. The number of benzene rings is 1. The number of hydrogen-bond acceptors (Lipinski definition) is 2. The molecule has 0 aromatic heterocycles. The highest BCUT2D eigenvalue weighted by Gasteiger charge is 2.20. The molecule has 0 saturated carbocycles. The molecule has 0 spiro atoms. The third-order valence-corrected chi connectivity index (χ3v) is 4.31. The molecule has 1 saturated heterocycles. The lowest BCUT2D eigenvalue weighted by Gasteiger charge is -2.32. The second-order valence-electron chi connectivity index (χ2n) is 5.68. The number of rotatable bonds is 2. The zero-order chi connectivity index (χ0) is 12.2. The molecule has 0 bridgehead atoms. The summed E-state index contributed by atoms with van der Waals surface area (Å²) in [5.74, 6) is 0. The number of nitrogens with one attached hydrogen (secondary N) is 1. The van der Waals surface area contributed by atoms with Crippen LogP contribution in [0, 0.1) is 0 Å². The van der Waals surface area contributed by atoms with Gasteiger partial charge in [0.05, 0.1) is 0 Å². The van der Waals surface area contributed by atoms with E-state index >= 15 is 0 Å². The summed E-state index contributed by atoms with van der Waals surface area (Å²) in [6.45, 7) is 3.63. The summed E-state index contributed by atoms with van der Waals surface area (Å²) in [4.78, 5) is 2.62. The maximum absolute atomic E-state index is 3.68. The number of piperidine rings is 1. The van der Waals surface area contributed by atoms with Crippen molar-refractivity contribution in [2.45, 2.75) is 44.6 Å². The average molecular weight is 244 g/mol. The smallest absolute Gasteiger partial charge is 0.0399 e. The Labute approximate surface area is 110 Å². The van der Waals surface area contributed by atoms with Crippen LogP contribution < -0.4 is 10.2 Å². The second kappa shape index (κ2) is 5.75. The molecule has 18 heavy (non-hydrogen) atoms. The fourth-order valence-corrected chi connectivity index (χ4v) is 3.30. The van der Waals surface area contributed by atoms with Crippen molar-refractivity contribution in [3.8, 4) is 0 Å². The van der Waals surface area contributed by atoms with Crippen LogP contribution in [0.3, 0.4) is 0 Å². The van der Waals surface area contributed by atoms with Crippen molar-refractivity contribution < 1.29 is 0 Å². The van der Waals surface area contributed by atoms with Crippen LogP contribution in [-0.2, 0) is 6.42 Å². The molecule has 1 N–H and O–H groups in total. The largest absolute Gasteiger partial charge is 0.370 e. The normalized spacial score (nSPS) is 24.4. The summed E-state index contributed by atoms with van der Waals surface area (Å²) in [6.07, 6.45) is 8.02. The van der Waals surface area contributed by atoms with E-state index in [0.717, 1.165) is 0 Å². The van der Waals surface area contributed by atoms with E-state index in [1.54, 1.807) is 5.56 Å². The zero-order valence-electron chi connectivity index (χ0n) is 11.2. The maximum Gasteiger partial charge on any atom is 0.0399 e. The summed E-state index contributed by atoms with van der Waals surface area (Å²) in [5.41, 5.74) is 3.04. The molecule has 2 aliphatic rings. The van der Waals surface area contributed by atoms with Crippen molar-refractivity contribution in [3.63, 3.8) is 0 Å². The molecule has 2 heterocycles. The van der Waals surface area contributed by atoms with Crippen molar-refractivity contribution in [2.24, 2.45) is 0 Å². The minimum Gasteiger partial charge on any atom is -0.370 e. The van der Waals surface area contributed by atoms with Gasteiger partial charge in [0.2, 0.25) is 0 Å². The van der Waals surface area contributed by atoms with Crippen LogP contribution in [0.2, 0.25) is 0 Å². The van der Waals surface area contributed by atoms with Gasteiger partial charge in [-0.15, -0.1) is 0 Å². The maximum atomic E-state index is 3.68. The third kappa shape index (κ3) is 2.69. The van der Waals surface area contributed by atoms with E-state index in [9.17, 15) is 0 Å². The molecule has 3 rings (SSSR count). The molecule has 0 radical (unpaired) electrons. The average Bonchev–Trinajstić information content (AvgIpc) is 2.63. The van der Waals surface area contributed by atoms with Crippen molar-refractivity contribution in [2.75, 3.05) is 24.5 Å². The van der Waals surface area contributed by atoms with Crippen LogP contribution in [0.15, 0.2) is 24.3 Å². The Morgan fingerprint density at radius 3 is 2.94 bits per heavy atom. The number of nitrogens with zero attached hydrogens (tertiary/aromatic N) is 1. The van der Waals surface area contributed by atoms with Gasteiger partial charge in [0.15, 0.2) is 0 Å². The van der Waals surface area contributed by atoms with E-state index in [2.05, 4.69) is 34.5 Å². The highest BCUT2D eigenvalue weighted by molar-refractivity contribution is 5.54. The van der Waals surface area contributed by atoms with Gasteiger partial charge in [-0.2, -0.15) is 0 Å². The first kappa shape index (κ1) is 12.0. The summed E-state index contributed by atoms with van der Waals surface area (Å²) in [6, 6.07) is 9.68. The highest BCUT2D eigenvalue weighted by Crippen LogP contribution is 2.26. The van der Waals surface area contributed by atoms with Gasteiger partial charge in [-0.25, -0.2) is 0 Å². The lowest BCUT2D eigenvalue weighted by atomic mass is 10.0. The fourth-order valence-electron chi connectivity index (χ4n) is 3.30. The first-order chi connectivity index (χ1) is 8.93. The van der Waals surface area contributed by atoms with Gasteiger partial charge in [-0.05, 0) is 50.3 Å². The lowest BCUT2D eigenvalue weighted by molar-refractivity contribution is 0.399. The fraction of sp³-hybridized carbons (Fsp3) is 0.625. The molecule has 2 heteroatoms. The minimum absolute atomic E-state index is 0.699. The first-order valence-corrected chi connectivity index (χ1v) is 7.50. The SMILES string of the molecule is c1ccc2c(c1)CCCCN2C[C@H]1CCCCN1. The predicted molar refractivity (Wildman–Crippen MR) is 77.2 cm³/mol. The standard InChI is InChI=1S/C16H24N2/c1-2-10-16-14(7-1)8-4-6-12-18(16)13-15-9-3-5-11-17-15/h1-2,7,10,15,17H,3-6,8-9,11-13H2/t15-/m1/s1. The highest BCUT2D eigenvalue weighted by atomic mass is 15.2. The molecular formula is C16H24N2. The summed E-state index contributed by atoms with van der Waals surface area (Å²) in [7, 11) is 0. The van der Waals surface area contributed by atoms with Gasteiger partial charge >= 0.3 is 0 Å². The number of fused-ring (bicyclic) bond motifs is 1. The monoisotopic (exact) mass is 244 g/mol. The summed E-state index contributed by atoms with van der Waals surface area (Å²) < 4.78 is 0. The molecular weight excluding hydrogens is 220 g/mol. The van der Waals surface area contributed by atoms with Crippen LogP contribution in [0.5, 0.6) is 0 Å². The van der Waals surface area contributed by atoms with Crippen LogP contribution in [0.1, 0.15) is 37.7 Å². The Kier molecular flexibility index (Phi) is 3.84. The number of hydrogen-bond donors (Lipinski definition) is 1. The minimum atomic E-state index is 0.699. The van der Waals surface area contributed by atoms with E-state index in [1.807, 2.05) is 0 Å². The Morgan fingerprint density at radius 1 is 1.11 bits per heavy atom. The summed E-state index contributed by atoms with van der Waals surface area (Å²) >= 11 is 0. The number of anilines is 1. The molecule has 98 valence electrons. The van der Waals surface area contributed by atoms with Gasteiger partial charge in [-0.1, -0.05) is 24.6 Å². The van der Waals surface area contributed by atoms with E-state index < -0.39 is 0 Å². The van der Waals surface area contributed by atoms with Gasteiger partial charge in [0.1, 0.15) is 0 Å². The van der Waals surface area contributed by atoms with E-state index in [4.69, 9.17) is 0 Å². The lowest BCUT2D eigenvalue weighted by Crippen LogP contribution is -2.44. The van der Waals surface area contributed by atoms with E-state index in [1.165, 1.54) is 63.8 Å². The predicted octanol–water partition coefficient (Wildman–Crippen LogP) is 2.97. The van der Waals surface area contributed by atoms with Crippen molar-refractivity contribution in [1.29, 1.82) is 0 Å². The number of para-hydroxylation sites is 1. The van der Waals surface area contributed by atoms with Crippen molar-refractivity contribution in [3.05, 3.63) is 29.8 Å². The molecule has 1 aromatic carbocycles. The Bertz CT molecular complexity index is 382. The van der Waals surface area contributed by atoms with Crippen molar-refractivity contribution in [1.82, 2.24) is 5.32 Å². The molecule has 1 atom stereocenters. The molecule has 1 aromatic rings. The Hall–Kier alpha value is -1.02. The van der Waals surface area contributed by atoms with Gasteiger partial charge in [-0.3, -0.25) is 0 Å². The summed E-state index contributed by atoms with van der Waals surface area (Å²) in [5, 5.41) is 3.68. The van der Waals surface area contributed by atoms with E-state index in [-0.39, 0.29) is 0 Å². The van der Waals surface area contributed by atoms with E-state index in [0.29, 0.717) is 6.04 Å². The van der Waals surface area contributed by atoms with Crippen molar-refractivity contribution >= 4 is 5.69 Å². The number of aryl methyl sites for hydroxylation is 1. The molecule has 1 fully saturated rings. The molecule has 2 nitrogen and oxygen atoms in total. The van der Waals surface area contributed by atoms with Gasteiger partial charge in [0.25, 0.3) is 0 Å². The topological polar surface area (TPSA) is 15.3 Å². The quantitative estimate of drug-likeness (QED) is 0.860. The van der Waals surface area contributed by atoms with Gasteiger partial charge < -0.3 is 10.2 Å². The second-order valence-corrected chi connectivity index (χ2v) is 5.68. The molecule has 0 unspecified atom stereocenters. The Balaban J connectivity index is 1.74. The van der Waals surface area contributed by atoms with Crippen LogP contribution in [0.4, 0.5) is 5.69 Å². The van der Waals surface area contributed by atoms with Crippen LogP contribution >= 0.6 is 0 Å². The molecule has 0 amide bonds. The first-order valence-electron chi connectivity index (χ1n) is 7.50. The third-order valence-electron chi connectivity index (χ3n) is 4.31. The zero-order valence-corrected chi connectivity index (χ0v) is 11.2. The molecule has 2 aliphatic heterocycles. The Morgan fingerprint density at radius 2 is 2.06 bits per heavy atom.